The average molecular weight is 274 g/mol. The average Bonchev–Trinajstić information content (AvgIpc) is 2.41. The van der Waals surface area contributed by atoms with Crippen molar-refractivity contribution in [1.29, 1.82) is 0 Å². The van der Waals surface area contributed by atoms with Crippen molar-refractivity contribution in [2.45, 2.75) is 19.0 Å². The molecule has 0 aliphatic heterocycles. The van der Waals surface area contributed by atoms with Gasteiger partial charge in [-0.3, -0.25) is 0 Å². The van der Waals surface area contributed by atoms with E-state index < -0.39 is 0 Å². The number of aryl methyl sites for hydroxylation is 1. The summed E-state index contributed by atoms with van der Waals surface area (Å²) in [4.78, 5) is 10.8. The molecule has 1 aromatic carbocycles. The number of nitrogens with zero attached hydrogens (tertiary/aromatic N) is 3. The molecule has 0 saturated carbocycles. The fraction of sp³-hybridized carbons (Fsp3) is 0.286. The zero-order valence-electron chi connectivity index (χ0n) is 11.4. The van der Waals surface area contributed by atoms with Gasteiger partial charge in [-0.05, 0) is 32.2 Å². The van der Waals surface area contributed by atoms with Crippen LogP contribution in [0.2, 0.25) is 0 Å². The Kier molecular flexibility index (Phi) is 4.27. The van der Waals surface area contributed by atoms with Gasteiger partial charge in [0.15, 0.2) is 5.16 Å². The highest BCUT2D eigenvalue weighted by molar-refractivity contribution is 7.98. The van der Waals surface area contributed by atoms with E-state index in [0.29, 0.717) is 11.0 Å². The number of rotatable bonds is 4. The number of hydrogen-bond donors (Lipinski definition) is 1. The van der Waals surface area contributed by atoms with E-state index in [2.05, 4.69) is 53.0 Å². The van der Waals surface area contributed by atoms with E-state index in [9.17, 15) is 0 Å². The predicted molar refractivity (Wildman–Crippen MR) is 82.1 cm³/mol. The number of thioether (sulfide) groups is 1. The molecule has 1 aromatic heterocycles. The van der Waals surface area contributed by atoms with Crippen molar-refractivity contribution in [3.05, 3.63) is 35.9 Å². The molecule has 5 heteroatoms. The second-order valence-corrected chi connectivity index (χ2v) is 4.99. The van der Waals surface area contributed by atoms with Crippen LogP contribution < -0.4 is 10.6 Å². The van der Waals surface area contributed by atoms with Gasteiger partial charge in [0.25, 0.3) is 0 Å². The van der Waals surface area contributed by atoms with Gasteiger partial charge in [0, 0.05) is 18.3 Å². The summed E-state index contributed by atoms with van der Waals surface area (Å²) in [7, 11) is 0. The third-order valence-electron chi connectivity index (χ3n) is 2.83. The van der Waals surface area contributed by atoms with Crippen LogP contribution >= 0.6 is 11.8 Å². The summed E-state index contributed by atoms with van der Waals surface area (Å²) in [6, 6.07) is 10.2. The van der Waals surface area contributed by atoms with E-state index in [1.54, 1.807) is 0 Å². The standard InChI is InChI=1S/C14H18N4S/c1-4-18(11-7-5-10(2)6-8-11)13-9-12(15)16-14(17-13)19-3/h5-9H,4H2,1-3H3,(H2,15,16,17). The number of nitrogens with two attached hydrogens (primary N) is 1. The van der Waals surface area contributed by atoms with E-state index in [1.165, 1.54) is 17.3 Å². The number of benzene rings is 1. The molecule has 0 amide bonds. The minimum absolute atomic E-state index is 0.500. The Morgan fingerprint density at radius 1 is 1.21 bits per heavy atom. The molecule has 0 radical (unpaired) electrons. The molecule has 0 atom stereocenters. The number of hydrogen-bond acceptors (Lipinski definition) is 5. The maximum Gasteiger partial charge on any atom is 0.191 e. The first-order chi connectivity index (χ1) is 9.13. The second kappa shape index (κ2) is 5.93. The Morgan fingerprint density at radius 3 is 2.47 bits per heavy atom. The summed E-state index contributed by atoms with van der Waals surface area (Å²) in [6.45, 7) is 5.00. The Labute approximate surface area is 118 Å². The summed E-state index contributed by atoms with van der Waals surface area (Å²) in [5.41, 5.74) is 8.19. The lowest BCUT2D eigenvalue weighted by Crippen LogP contribution is -2.18. The molecular formula is C14H18N4S. The number of aromatic nitrogens is 2. The third-order valence-corrected chi connectivity index (χ3v) is 3.38. The molecule has 0 aliphatic carbocycles. The molecule has 2 rings (SSSR count). The Hall–Kier alpha value is -1.75. The van der Waals surface area contributed by atoms with Gasteiger partial charge in [0.05, 0.1) is 0 Å². The maximum atomic E-state index is 5.84. The monoisotopic (exact) mass is 274 g/mol. The molecule has 2 aromatic rings. The zero-order chi connectivity index (χ0) is 13.8. The molecule has 0 spiro atoms. The van der Waals surface area contributed by atoms with Gasteiger partial charge in [0.2, 0.25) is 0 Å². The van der Waals surface area contributed by atoms with Gasteiger partial charge < -0.3 is 10.6 Å². The lowest BCUT2D eigenvalue weighted by Gasteiger charge is -2.22. The Morgan fingerprint density at radius 2 is 1.89 bits per heavy atom. The van der Waals surface area contributed by atoms with Crippen LogP contribution in [0.15, 0.2) is 35.5 Å². The Balaban J connectivity index is 2.41. The molecule has 100 valence electrons. The Bertz CT molecular complexity index is 554. The zero-order valence-corrected chi connectivity index (χ0v) is 12.2. The van der Waals surface area contributed by atoms with Crippen LogP contribution in [-0.2, 0) is 0 Å². The molecule has 2 N–H and O–H groups in total. The first-order valence-electron chi connectivity index (χ1n) is 6.16. The minimum Gasteiger partial charge on any atom is -0.383 e. The van der Waals surface area contributed by atoms with Gasteiger partial charge in [-0.25, -0.2) is 9.97 Å². The van der Waals surface area contributed by atoms with E-state index in [4.69, 9.17) is 5.73 Å². The number of nitrogen functional groups attached to an aromatic ring is 1. The topological polar surface area (TPSA) is 55.0 Å². The lowest BCUT2D eigenvalue weighted by molar-refractivity contribution is 0.915. The molecular weight excluding hydrogens is 256 g/mol. The van der Waals surface area contributed by atoms with Crippen LogP contribution in [0.1, 0.15) is 12.5 Å². The van der Waals surface area contributed by atoms with Gasteiger partial charge in [-0.1, -0.05) is 29.5 Å². The van der Waals surface area contributed by atoms with Crippen molar-refractivity contribution >= 4 is 29.1 Å². The summed E-state index contributed by atoms with van der Waals surface area (Å²) in [5, 5.41) is 0.695. The van der Waals surface area contributed by atoms with Crippen molar-refractivity contribution < 1.29 is 0 Å². The largest absolute Gasteiger partial charge is 0.383 e. The van der Waals surface area contributed by atoms with Crippen molar-refractivity contribution in [2.75, 3.05) is 23.4 Å². The SMILES string of the molecule is CCN(c1ccc(C)cc1)c1cc(N)nc(SC)n1. The molecule has 0 saturated heterocycles. The van der Waals surface area contributed by atoms with Crippen molar-refractivity contribution in [2.24, 2.45) is 0 Å². The van der Waals surface area contributed by atoms with Crippen LogP contribution in [-0.4, -0.2) is 22.8 Å². The van der Waals surface area contributed by atoms with E-state index in [-0.39, 0.29) is 0 Å². The summed E-state index contributed by atoms with van der Waals surface area (Å²) in [5.74, 6) is 1.34. The van der Waals surface area contributed by atoms with E-state index in [0.717, 1.165) is 18.1 Å². The first-order valence-corrected chi connectivity index (χ1v) is 7.39. The van der Waals surface area contributed by atoms with Gasteiger partial charge in [-0.15, -0.1) is 0 Å². The predicted octanol–water partition coefficient (Wildman–Crippen LogP) is 3.25. The van der Waals surface area contributed by atoms with E-state index >= 15 is 0 Å². The van der Waals surface area contributed by atoms with Crippen molar-refractivity contribution in [3.63, 3.8) is 0 Å². The molecule has 4 nitrogen and oxygen atoms in total. The van der Waals surface area contributed by atoms with Crippen LogP contribution in [0.3, 0.4) is 0 Å². The molecule has 0 unspecified atom stereocenters. The minimum atomic E-state index is 0.500. The second-order valence-electron chi connectivity index (χ2n) is 4.22. The highest BCUT2D eigenvalue weighted by Crippen LogP contribution is 2.26. The molecule has 0 aliphatic rings. The fourth-order valence-corrected chi connectivity index (χ4v) is 2.24. The highest BCUT2D eigenvalue weighted by Gasteiger charge is 2.11. The molecule has 19 heavy (non-hydrogen) atoms. The number of anilines is 3. The lowest BCUT2D eigenvalue weighted by atomic mass is 10.2. The highest BCUT2D eigenvalue weighted by atomic mass is 32.2. The molecule has 0 bridgehead atoms. The maximum absolute atomic E-state index is 5.84. The molecule has 1 heterocycles. The van der Waals surface area contributed by atoms with Crippen LogP contribution in [0, 0.1) is 6.92 Å². The summed E-state index contributed by atoms with van der Waals surface area (Å²) < 4.78 is 0. The van der Waals surface area contributed by atoms with Crippen LogP contribution in [0.5, 0.6) is 0 Å². The van der Waals surface area contributed by atoms with Gasteiger partial charge >= 0.3 is 0 Å². The van der Waals surface area contributed by atoms with Crippen LogP contribution in [0.25, 0.3) is 0 Å². The van der Waals surface area contributed by atoms with Crippen molar-refractivity contribution in [3.8, 4) is 0 Å². The van der Waals surface area contributed by atoms with Crippen LogP contribution in [0.4, 0.5) is 17.3 Å². The molecule has 0 fully saturated rings. The summed E-state index contributed by atoms with van der Waals surface area (Å²) >= 11 is 1.49. The van der Waals surface area contributed by atoms with E-state index in [1.807, 2.05) is 12.3 Å². The fourth-order valence-electron chi connectivity index (χ4n) is 1.86. The summed E-state index contributed by atoms with van der Waals surface area (Å²) in [6.07, 6.45) is 1.95. The first kappa shape index (κ1) is 13.7. The van der Waals surface area contributed by atoms with Gasteiger partial charge in [0.1, 0.15) is 11.6 Å². The quantitative estimate of drug-likeness (QED) is 0.685. The third kappa shape index (κ3) is 3.17. The normalized spacial score (nSPS) is 10.5. The van der Waals surface area contributed by atoms with Crippen molar-refractivity contribution in [1.82, 2.24) is 9.97 Å². The smallest absolute Gasteiger partial charge is 0.191 e. The van der Waals surface area contributed by atoms with Gasteiger partial charge in [-0.2, -0.15) is 0 Å².